The zero-order valence-electron chi connectivity index (χ0n) is 11.6. The highest BCUT2D eigenvalue weighted by Crippen LogP contribution is 2.48. The zero-order chi connectivity index (χ0) is 14.1. The fourth-order valence-electron chi connectivity index (χ4n) is 0.765. The van der Waals surface area contributed by atoms with Gasteiger partial charge >= 0.3 is 0 Å². The summed E-state index contributed by atoms with van der Waals surface area (Å²) in [5.74, 6) is 0. The van der Waals surface area contributed by atoms with Crippen LogP contribution in [0.5, 0.6) is 0 Å². The normalized spacial score (nSPS) is 11.9. The summed E-state index contributed by atoms with van der Waals surface area (Å²) in [5.41, 5.74) is -2.39. The van der Waals surface area contributed by atoms with Crippen molar-refractivity contribution in [2.45, 2.75) is 39.9 Å². The quantitative estimate of drug-likeness (QED) is 0.559. The van der Waals surface area contributed by atoms with Crippen LogP contribution in [-0.4, -0.2) is 44.6 Å². The fraction of sp³-hybridized carbons (Fsp3) is 1.00. The third-order valence-corrected chi connectivity index (χ3v) is 3.68. The molecule has 0 fully saturated rings. The average Bonchev–Trinajstić information content (AvgIpc) is 1.97. The molecule has 0 saturated carbocycles. The van der Waals surface area contributed by atoms with Crippen LogP contribution < -0.4 is 4.90 Å². The molecule has 0 saturated heterocycles. The third kappa shape index (κ3) is 19.4. The number of rotatable bonds is 6. The summed E-state index contributed by atoms with van der Waals surface area (Å²) in [6.07, 6.45) is 0.106. The van der Waals surface area contributed by atoms with Crippen LogP contribution in [0.25, 0.3) is 0 Å². The molecule has 7 heteroatoms. The van der Waals surface area contributed by atoms with E-state index in [4.69, 9.17) is 38.2 Å². The average molecular weight is 303 g/mol. The Kier molecular flexibility index (Phi) is 12.7. The van der Waals surface area contributed by atoms with Crippen LogP contribution in [0.2, 0.25) is 0 Å². The van der Waals surface area contributed by atoms with Crippen LogP contribution in [0.4, 0.5) is 0 Å². The van der Waals surface area contributed by atoms with Crippen molar-refractivity contribution >= 4 is 29.7 Å². The Morgan fingerprint density at radius 1 is 1.18 bits per heavy atom. The first-order valence-electron chi connectivity index (χ1n) is 5.68. The van der Waals surface area contributed by atoms with Gasteiger partial charge in [0.25, 0.3) is 0 Å². The minimum atomic E-state index is -2.39. The molecule has 17 heavy (non-hydrogen) atoms. The number of quaternary nitrogens is 1. The monoisotopic (exact) mass is 303 g/mol. The lowest BCUT2D eigenvalue weighted by Gasteiger charge is -2.31. The van der Waals surface area contributed by atoms with E-state index in [1.165, 1.54) is 4.90 Å². The van der Waals surface area contributed by atoms with Gasteiger partial charge in [0.15, 0.2) is 0 Å². The van der Waals surface area contributed by atoms with Gasteiger partial charge in [-0.1, -0.05) is 11.8 Å². The molecule has 106 valence electrons. The van der Waals surface area contributed by atoms with Crippen LogP contribution in [0, 0.1) is 0 Å². The minimum absolute atomic E-state index is 0.0529. The molecule has 0 rings (SSSR count). The molecule has 0 amide bonds. The highest BCUT2D eigenvalue weighted by atomic mass is 32.9. The summed E-state index contributed by atoms with van der Waals surface area (Å²) in [5, 5.41) is 8.22. The van der Waals surface area contributed by atoms with E-state index in [0.29, 0.717) is 6.61 Å². The van der Waals surface area contributed by atoms with Crippen molar-refractivity contribution in [3.63, 3.8) is 0 Å². The zero-order valence-corrected chi connectivity index (χ0v) is 14.1. The maximum absolute atomic E-state index is 8.22. The maximum Gasteiger partial charge on any atom is 0.100 e. The van der Waals surface area contributed by atoms with Crippen LogP contribution in [0.15, 0.2) is 0 Å². The molecular formula is C10H26NO3PS2. The number of hydrogen-bond donors (Lipinski definition) is 2. The minimum Gasteiger partial charge on any atom is -0.691 e. The summed E-state index contributed by atoms with van der Waals surface area (Å²) in [4.78, 5) is 1.29. The molecular weight excluding hydrogens is 277 g/mol. The van der Waals surface area contributed by atoms with Gasteiger partial charge in [0.1, 0.15) is 6.54 Å². The Hall–Kier alpha value is 0.840. The second-order valence-electron chi connectivity index (χ2n) is 4.44. The summed E-state index contributed by atoms with van der Waals surface area (Å²) in [7, 11) is 4.02. The first-order valence-corrected chi connectivity index (χ1v) is 9.33. The van der Waals surface area contributed by atoms with Crippen molar-refractivity contribution in [2.75, 3.05) is 27.2 Å². The first kappa shape index (κ1) is 20.2. The molecule has 0 aromatic carbocycles. The molecule has 0 heterocycles. The second kappa shape index (κ2) is 10.7. The highest BCUT2D eigenvalue weighted by molar-refractivity contribution is 8.51. The van der Waals surface area contributed by atoms with E-state index in [-0.39, 0.29) is 12.2 Å². The van der Waals surface area contributed by atoms with Gasteiger partial charge in [0, 0.05) is 0 Å². The number of aliphatic hydroxyl groups excluding tert-OH is 1. The van der Waals surface area contributed by atoms with E-state index in [9.17, 15) is 0 Å². The van der Waals surface area contributed by atoms with E-state index < -0.39 is 5.69 Å². The van der Waals surface area contributed by atoms with Gasteiger partial charge in [-0.3, -0.25) is 0 Å². The van der Waals surface area contributed by atoms with E-state index in [1.807, 2.05) is 41.8 Å². The molecule has 0 bridgehead atoms. The number of likely N-dealkylation sites (N-methyl/N-ethyl adjacent to an activating group) is 1. The lowest BCUT2D eigenvalue weighted by Crippen LogP contribution is -3.06. The van der Waals surface area contributed by atoms with Gasteiger partial charge in [-0.25, -0.2) is 0 Å². The molecule has 0 spiro atoms. The summed E-state index contributed by atoms with van der Waals surface area (Å²) in [6, 6.07) is 0. The van der Waals surface area contributed by atoms with Gasteiger partial charge in [0.2, 0.25) is 0 Å². The van der Waals surface area contributed by atoms with E-state index in [0.717, 1.165) is 6.54 Å². The summed E-state index contributed by atoms with van der Waals surface area (Å²) >= 11 is 9.95. The van der Waals surface area contributed by atoms with Crippen molar-refractivity contribution in [2.24, 2.45) is 0 Å². The Labute approximate surface area is 116 Å². The Balaban J connectivity index is 0. The largest absolute Gasteiger partial charge is 0.691 e. The Morgan fingerprint density at radius 2 is 1.53 bits per heavy atom. The van der Waals surface area contributed by atoms with Crippen molar-refractivity contribution in [3.05, 3.63) is 0 Å². The molecule has 0 unspecified atom stereocenters. The molecule has 4 nitrogen and oxygen atoms in total. The van der Waals surface area contributed by atoms with Gasteiger partial charge in [-0.05, 0) is 27.7 Å². The molecule has 0 aromatic heterocycles. The topological polar surface area (TPSA) is 43.1 Å². The van der Waals surface area contributed by atoms with Gasteiger partial charge < -0.3 is 31.3 Å². The molecule has 0 aromatic rings. The number of nitrogens with one attached hydrogen (secondary N) is 1. The molecule has 0 radical (unpaired) electrons. The highest BCUT2D eigenvalue weighted by Gasteiger charge is 2.06. The lowest BCUT2D eigenvalue weighted by molar-refractivity contribution is -0.858. The second-order valence-corrected chi connectivity index (χ2v) is 9.33. The first-order chi connectivity index (χ1) is 7.60. The summed E-state index contributed by atoms with van der Waals surface area (Å²) < 4.78 is 10.5. The molecule has 0 atom stereocenters. The van der Waals surface area contributed by atoms with Gasteiger partial charge in [-0.2, -0.15) is 0 Å². The van der Waals surface area contributed by atoms with Crippen molar-refractivity contribution in [1.29, 1.82) is 0 Å². The van der Waals surface area contributed by atoms with Crippen molar-refractivity contribution in [3.8, 4) is 0 Å². The predicted molar refractivity (Wildman–Crippen MR) is 78.9 cm³/mol. The number of hydrogen-bond acceptors (Lipinski definition) is 5. The van der Waals surface area contributed by atoms with Gasteiger partial charge in [0.05, 0.1) is 38.6 Å². The van der Waals surface area contributed by atoms with Crippen LogP contribution >= 0.6 is 5.69 Å². The smallest absolute Gasteiger partial charge is 0.100 e. The molecule has 0 aliphatic carbocycles. The number of aliphatic hydroxyl groups is 1. The standard InChI is InChI=1S/C6H15O2PS2.C4H11NO/c1-5(2)7-9(10,11)8-6(3)4;1-5(2)3-4-6/h5-6H,1-4H3,(H,10,11);6H,3-4H2,1-2H3. The van der Waals surface area contributed by atoms with E-state index >= 15 is 0 Å². The SMILES string of the molecule is CC(C)OP(=S)([S-])OC(C)C.C[NH+](C)CCO. The predicted octanol–water partition coefficient (Wildman–Crippen LogP) is 0.731. The van der Waals surface area contributed by atoms with Crippen molar-refractivity contribution in [1.82, 2.24) is 0 Å². The fourth-order valence-corrected chi connectivity index (χ4v) is 3.91. The summed E-state index contributed by atoms with van der Waals surface area (Å²) in [6.45, 7) is 8.74. The van der Waals surface area contributed by atoms with Crippen LogP contribution in [0.3, 0.4) is 0 Å². The maximum atomic E-state index is 8.22. The van der Waals surface area contributed by atoms with Crippen molar-refractivity contribution < 1.29 is 19.1 Å². The molecule has 0 aliphatic rings. The third-order valence-electron chi connectivity index (χ3n) is 1.29. The van der Waals surface area contributed by atoms with E-state index in [1.54, 1.807) is 0 Å². The van der Waals surface area contributed by atoms with Crippen LogP contribution in [-0.2, 0) is 33.1 Å². The Morgan fingerprint density at radius 3 is 1.65 bits per heavy atom. The van der Waals surface area contributed by atoms with E-state index in [2.05, 4.69) is 0 Å². The molecule has 2 N–H and O–H groups in total. The lowest BCUT2D eigenvalue weighted by atomic mass is 10.5. The Bertz CT molecular complexity index is 212. The molecule has 0 aliphatic heterocycles. The van der Waals surface area contributed by atoms with Crippen LogP contribution in [0.1, 0.15) is 27.7 Å². The van der Waals surface area contributed by atoms with Gasteiger partial charge in [-0.15, -0.1) is 0 Å².